The number of hydrogen-bond acceptors (Lipinski definition) is 4. The number of nitrogens with zero attached hydrogens (tertiary/aromatic N) is 1. The normalized spacial score (nSPS) is 15.1. The number of carbonyl (C=O) groups excluding carboxylic acids is 2. The molecule has 1 heterocycles. The van der Waals surface area contributed by atoms with Gasteiger partial charge >= 0.3 is 0 Å². The fourth-order valence-corrected chi connectivity index (χ4v) is 6.46. The van der Waals surface area contributed by atoms with Gasteiger partial charge in [-0.3, -0.25) is 9.59 Å². The summed E-state index contributed by atoms with van der Waals surface area (Å²) in [5, 5.41) is 19.5. The first kappa shape index (κ1) is 22.2. The van der Waals surface area contributed by atoms with Gasteiger partial charge in [0.15, 0.2) is 0 Å². The second-order valence-corrected chi connectivity index (χ2v) is 10.0. The molecule has 7 rings (SSSR count). The number of aryl methyl sites for hydroxylation is 2. The van der Waals surface area contributed by atoms with Crippen molar-refractivity contribution in [3.05, 3.63) is 111 Å². The molecule has 2 amide bonds. The second-order valence-electron chi connectivity index (χ2n) is 10.0. The summed E-state index contributed by atoms with van der Waals surface area (Å²) >= 11 is 0. The Labute approximate surface area is 214 Å². The van der Waals surface area contributed by atoms with Gasteiger partial charge in [-0.05, 0) is 93.5 Å². The topological polar surface area (TPSA) is 77.8 Å². The van der Waals surface area contributed by atoms with Crippen molar-refractivity contribution in [2.45, 2.75) is 38.9 Å². The summed E-state index contributed by atoms with van der Waals surface area (Å²) in [7, 11) is 0. The standard InChI is InChI=1S/C32H25NO4/c34-16-18-6-10-23-20(14-18)8-12-25-27(23)28-24-11-7-19(17-35)15-21(24)9-13-26(28)30-29(25)31(36)33(32(30)37)22-4-2-1-3-5-22/h1-7,10-11,14-15,34-35H,8-9,12-13,16-17H2. The van der Waals surface area contributed by atoms with Gasteiger partial charge in [-0.25, -0.2) is 4.90 Å². The van der Waals surface area contributed by atoms with Gasteiger partial charge in [-0.2, -0.15) is 0 Å². The molecule has 0 saturated heterocycles. The quantitative estimate of drug-likeness (QED) is 0.399. The summed E-state index contributed by atoms with van der Waals surface area (Å²) in [5.41, 5.74) is 11.8. The van der Waals surface area contributed by atoms with Crippen LogP contribution in [0.3, 0.4) is 0 Å². The maximum absolute atomic E-state index is 14.0. The predicted molar refractivity (Wildman–Crippen MR) is 142 cm³/mol. The highest BCUT2D eigenvalue weighted by Crippen LogP contribution is 2.51. The molecule has 182 valence electrons. The molecule has 37 heavy (non-hydrogen) atoms. The highest BCUT2D eigenvalue weighted by molar-refractivity contribution is 6.36. The van der Waals surface area contributed by atoms with Gasteiger partial charge in [0.05, 0.1) is 30.0 Å². The van der Waals surface area contributed by atoms with Crippen LogP contribution in [-0.4, -0.2) is 22.0 Å². The number of carbonyl (C=O) groups is 2. The van der Waals surface area contributed by atoms with E-state index in [1.807, 2.05) is 30.3 Å². The number of rotatable bonds is 3. The van der Waals surface area contributed by atoms with E-state index in [1.165, 1.54) is 4.90 Å². The molecule has 3 aliphatic rings. The van der Waals surface area contributed by atoms with Crippen molar-refractivity contribution in [2.75, 3.05) is 4.90 Å². The molecule has 4 aromatic carbocycles. The average Bonchev–Trinajstić information content (AvgIpc) is 3.22. The second kappa shape index (κ2) is 8.23. The van der Waals surface area contributed by atoms with Crippen LogP contribution in [0, 0.1) is 0 Å². The Morgan fingerprint density at radius 1 is 0.595 bits per heavy atom. The van der Waals surface area contributed by atoms with E-state index in [2.05, 4.69) is 24.3 Å². The molecule has 0 atom stereocenters. The van der Waals surface area contributed by atoms with Crippen molar-refractivity contribution in [3.8, 4) is 22.3 Å². The fraction of sp³-hybridized carbons (Fsp3) is 0.188. The minimum absolute atomic E-state index is 0.0196. The van der Waals surface area contributed by atoms with Crippen molar-refractivity contribution in [1.29, 1.82) is 0 Å². The Morgan fingerprint density at radius 2 is 1.08 bits per heavy atom. The lowest BCUT2D eigenvalue weighted by molar-refractivity contribution is 0.0925. The van der Waals surface area contributed by atoms with Crippen LogP contribution in [0.1, 0.15) is 54.1 Å². The minimum atomic E-state index is -0.248. The maximum Gasteiger partial charge on any atom is 0.266 e. The van der Waals surface area contributed by atoms with Crippen LogP contribution in [0.15, 0.2) is 66.7 Å². The fourth-order valence-electron chi connectivity index (χ4n) is 6.46. The highest BCUT2D eigenvalue weighted by atomic mass is 16.3. The van der Waals surface area contributed by atoms with E-state index in [0.717, 1.165) is 68.5 Å². The maximum atomic E-state index is 14.0. The Hall–Kier alpha value is -4.06. The monoisotopic (exact) mass is 487 g/mol. The Morgan fingerprint density at radius 3 is 1.54 bits per heavy atom. The van der Waals surface area contributed by atoms with Crippen molar-refractivity contribution in [2.24, 2.45) is 0 Å². The van der Waals surface area contributed by atoms with E-state index in [-0.39, 0.29) is 25.0 Å². The molecule has 4 aromatic rings. The zero-order valence-corrected chi connectivity index (χ0v) is 20.3. The minimum Gasteiger partial charge on any atom is -0.392 e. The molecule has 0 fully saturated rings. The molecule has 5 nitrogen and oxygen atoms in total. The molecule has 1 aliphatic heterocycles. The summed E-state index contributed by atoms with van der Waals surface area (Å²) in [5.74, 6) is -0.496. The van der Waals surface area contributed by atoms with Gasteiger partial charge in [-0.1, -0.05) is 54.6 Å². The summed E-state index contributed by atoms with van der Waals surface area (Å²) in [4.78, 5) is 29.2. The van der Waals surface area contributed by atoms with Crippen LogP contribution in [0.5, 0.6) is 0 Å². The van der Waals surface area contributed by atoms with Crippen LogP contribution in [0.25, 0.3) is 22.3 Å². The molecule has 0 aromatic heterocycles. The van der Waals surface area contributed by atoms with Crippen molar-refractivity contribution < 1.29 is 19.8 Å². The highest BCUT2D eigenvalue weighted by Gasteiger charge is 2.44. The van der Waals surface area contributed by atoms with Crippen LogP contribution in [-0.2, 0) is 38.9 Å². The number of aliphatic hydroxyl groups is 2. The molecule has 5 heteroatoms. The van der Waals surface area contributed by atoms with E-state index in [1.54, 1.807) is 12.1 Å². The first-order chi connectivity index (χ1) is 18.1. The lowest BCUT2D eigenvalue weighted by atomic mass is 9.72. The molecule has 2 N–H and O–H groups in total. The lowest BCUT2D eigenvalue weighted by Crippen LogP contribution is -2.29. The first-order valence-electron chi connectivity index (χ1n) is 12.7. The number of benzene rings is 4. The summed E-state index contributed by atoms with van der Waals surface area (Å²) in [6.45, 7) is -0.0392. The van der Waals surface area contributed by atoms with E-state index in [4.69, 9.17) is 0 Å². The average molecular weight is 488 g/mol. The predicted octanol–water partition coefficient (Wildman–Crippen LogP) is 5.00. The van der Waals surface area contributed by atoms with Gasteiger partial charge in [0.25, 0.3) is 11.8 Å². The van der Waals surface area contributed by atoms with Crippen LogP contribution < -0.4 is 4.90 Å². The Kier molecular flexibility index (Phi) is 4.93. The zero-order chi connectivity index (χ0) is 25.3. The zero-order valence-electron chi connectivity index (χ0n) is 20.3. The summed E-state index contributed by atoms with van der Waals surface area (Å²) < 4.78 is 0. The molecular weight excluding hydrogens is 462 g/mol. The smallest absolute Gasteiger partial charge is 0.266 e. The molecule has 2 aliphatic carbocycles. The number of hydrogen-bond donors (Lipinski definition) is 2. The molecule has 0 unspecified atom stereocenters. The van der Waals surface area contributed by atoms with Gasteiger partial charge < -0.3 is 10.2 Å². The Balaban J connectivity index is 1.56. The first-order valence-corrected chi connectivity index (χ1v) is 12.7. The van der Waals surface area contributed by atoms with Crippen molar-refractivity contribution in [1.82, 2.24) is 0 Å². The van der Waals surface area contributed by atoms with E-state index >= 15 is 0 Å². The summed E-state index contributed by atoms with van der Waals surface area (Å²) in [6.07, 6.45) is 2.78. The van der Waals surface area contributed by atoms with Gasteiger partial charge in [0.1, 0.15) is 0 Å². The van der Waals surface area contributed by atoms with Gasteiger partial charge in [0.2, 0.25) is 0 Å². The summed E-state index contributed by atoms with van der Waals surface area (Å²) in [6, 6.07) is 21.3. The molecule has 0 saturated carbocycles. The number of aliphatic hydroxyl groups excluding tert-OH is 2. The van der Waals surface area contributed by atoms with Crippen LogP contribution in [0.2, 0.25) is 0 Å². The van der Waals surface area contributed by atoms with Crippen molar-refractivity contribution in [3.63, 3.8) is 0 Å². The van der Waals surface area contributed by atoms with Crippen LogP contribution in [0.4, 0.5) is 5.69 Å². The number of amides is 2. The third kappa shape index (κ3) is 3.11. The third-order valence-electron chi connectivity index (χ3n) is 8.09. The lowest BCUT2D eigenvalue weighted by Gasteiger charge is -2.31. The third-order valence-corrected chi connectivity index (χ3v) is 8.09. The molecule has 0 spiro atoms. The van der Waals surface area contributed by atoms with Gasteiger partial charge in [-0.15, -0.1) is 0 Å². The molecule has 0 radical (unpaired) electrons. The van der Waals surface area contributed by atoms with E-state index in [0.29, 0.717) is 29.7 Å². The SMILES string of the molecule is O=C1c2c3c(c4c(c2C(=O)N1c1ccccc1)CCc1cc(CO)ccc1-4)-c1ccc(CO)cc1CC3. The Bertz CT molecular complexity index is 1530. The van der Waals surface area contributed by atoms with Gasteiger partial charge in [0, 0.05) is 0 Å². The van der Waals surface area contributed by atoms with Crippen molar-refractivity contribution >= 4 is 17.5 Å². The molecule has 0 bridgehead atoms. The molecular formula is C32H25NO4. The van der Waals surface area contributed by atoms with E-state index in [9.17, 15) is 19.8 Å². The van der Waals surface area contributed by atoms with E-state index < -0.39 is 0 Å². The number of imide groups is 1. The number of fused-ring (bicyclic) bond motifs is 10. The van der Waals surface area contributed by atoms with Crippen LogP contribution >= 0.6 is 0 Å². The number of anilines is 1. The number of para-hydroxylation sites is 1. The largest absolute Gasteiger partial charge is 0.392 e.